The van der Waals surface area contributed by atoms with Crippen LogP contribution in [-0.2, 0) is 16.1 Å². The number of rotatable bonds is 5. The fourth-order valence-electron chi connectivity index (χ4n) is 4.35. The normalized spacial score (nSPS) is 21.0. The van der Waals surface area contributed by atoms with E-state index in [1.54, 1.807) is 18.2 Å². The Morgan fingerprint density at radius 2 is 1.62 bits per heavy atom. The van der Waals surface area contributed by atoms with Gasteiger partial charge in [-0.15, -0.1) is 0 Å². The average Bonchev–Trinajstić information content (AvgIpc) is 3.13. The SMILES string of the molecule is Cc1cc(C(=O)CN2C(=O)[C@@H]3CC=CC[C@H]3C2=O)c(C)n1Cc1ccc(F)cc1. The van der Waals surface area contributed by atoms with Crippen molar-refractivity contribution in [2.45, 2.75) is 33.2 Å². The Bertz CT molecular complexity index is 993. The molecule has 1 saturated heterocycles. The van der Waals surface area contributed by atoms with Crippen LogP contribution in [0.2, 0.25) is 0 Å². The predicted molar refractivity (Wildman–Crippen MR) is 106 cm³/mol. The van der Waals surface area contributed by atoms with Crippen LogP contribution in [0.4, 0.5) is 4.39 Å². The quantitative estimate of drug-likeness (QED) is 0.444. The number of allylic oxidation sites excluding steroid dienone is 2. The van der Waals surface area contributed by atoms with Crippen molar-refractivity contribution < 1.29 is 18.8 Å². The lowest BCUT2D eigenvalue weighted by molar-refractivity contribution is -0.139. The second-order valence-corrected chi connectivity index (χ2v) is 7.84. The highest BCUT2D eigenvalue weighted by molar-refractivity contribution is 6.10. The molecule has 0 N–H and O–H groups in total. The maximum Gasteiger partial charge on any atom is 0.233 e. The molecule has 29 heavy (non-hydrogen) atoms. The van der Waals surface area contributed by atoms with Gasteiger partial charge in [0, 0.05) is 23.5 Å². The van der Waals surface area contributed by atoms with Crippen molar-refractivity contribution in [3.05, 3.63) is 70.8 Å². The average molecular weight is 394 g/mol. The number of Topliss-reactive ketones (excluding diaryl/α,β-unsaturated/α-hetero) is 1. The molecule has 2 aromatic rings. The number of fused-ring (bicyclic) bond motifs is 1. The molecule has 0 bridgehead atoms. The van der Waals surface area contributed by atoms with E-state index >= 15 is 0 Å². The van der Waals surface area contributed by atoms with Crippen molar-refractivity contribution in [3.8, 4) is 0 Å². The largest absolute Gasteiger partial charge is 0.344 e. The molecule has 2 amide bonds. The van der Waals surface area contributed by atoms with E-state index in [2.05, 4.69) is 0 Å². The number of aryl methyl sites for hydroxylation is 1. The summed E-state index contributed by atoms with van der Waals surface area (Å²) in [6.07, 6.45) is 4.99. The van der Waals surface area contributed by atoms with E-state index in [0.717, 1.165) is 21.9 Å². The highest BCUT2D eigenvalue weighted by Crippen LogP contribution is 2.35. The first-order valence-electron chi connectivity index (χ1n) is 9.81. The molecule has 5 nitrogen and oxygen atoms in total. The van der Waals surface area contributed by atoms with E-state index in [9.17, 15) is 18.8 Å². The minimum Gasteiger partial charge on any atom is -0.344 e. The van der Waals surface area contributed by atoms with Crippen molar-refractivity contribution in [1.82, 2.24) is 9.47 Å². The molecule has 150 valence electrons. The molecule has 0 radical (unpaired) electrons. The van der Waals surface area contributed by atoms with Gasteiger partial charge in [-0.2, -0.15) is 0 Å². The van der Waals surface area contributed by atoms with Gasteiger partial charge in [-0.25, -0.2) is 4.39 Å². The number of ketones is 1. The maximum absolute atomic E-state index is 13.1. The molecule has 1 aliphatic heterocycles. The molecule has 2 atom stereocenters. The minimum atomic E-state index is -0.328. The maximum atomic E-state index is 13.1. The number of hydrogen-bond donors (Lipinski definition) is 0. The first-order chi connectivity index (χ1) is 13.9. The summed E-state index contributed by atoms with van der Waals surface area (Å²) in [5.74, 6) is -1.66. The van der Waals surface area contributed by atoms with Crippen molar-refractivity contribution >= 4 is 17.6 Å². The number of carbonyl (C=O) groups is 3. The molecule has 0 saturated carbocycles. The lowest BCUT2D eigenvalue weighted by Crippen LogP contribution is -2.36. The van der Waals surface area contributed by atoms with Gasteiger partial charge in [-0.1, -0.05) is 24.3 Å². The van der Waals surface area contributed by atoms with Crippen LogP contribution in [0.3, 0.4) is 0 Å². The minimum absolute atomic E-state index is 0.217. The standard InChI is InChI=1S/C23H23FN2O3/c1-14-11-20(15(2)25(14)12-16-7-9-17(24)10-8-16)21(27)13-26-22(28)18-5-3-4-6-19(18)23(26)29/h3-4,7-11,18-19H,5-6,12-13H2,1-2H3/t18-,19-/m1/s1. The number of hydrogen-bond acceptors (Lipinski definition) is 3. The molecule has 4 rings (SSSR count). The van der Waals surface area contributed by atoms with Crippen molar-refractivity contribution in [2.24, 2.45) is 11.8 Å². The monoisotopic (exact) mass is 394 g/mol. The second-order valence-electron chi connectivity index (χ2n) is 7.84. The van der Waals surface area contributed by atoms with Gasteiger partial charge in [0.05, 0.1) is 18.4 Å². The topological polar surface area (TPSA) is 59.4 Å². The van der Waals surface area contributed by atoms with Crippen LogP contribution in [0.1, 0.15) is 40.2 Å². The molecule has 1 fully saturated rings. The van der Waals surface area contributed by atoms with Crippen LogP contribution < -0.4 is 0 Å². The number of nitrogens with zero attached hydrogens (tertiary/aromatic N) is 2. The lowest BCUT2D eigenvalue weighted by atomic mass is 9.85. The van der Waals surface area contributed by atoms with Crippen LogP contribution >= 0.6 is 0 Å². The Hall–Kier alpha value is -3.02. The van der Waals surface area contributed by atoms with E-state index in [1.165, 1.54) is 12.1 Å². The number of benzene rings is 1. The van der Waals surface area contributed by atoms with Crippen molar-refractivity contribution in [2.75, 3.05) is 6.54 Å². The summed E-state index contributed by atoms with van der Waals surface area (Å²) in [5.41, 5.74) is 3.11. The summed E-state index contributed by atoms with van der Waals surface area (Å²) in [6.45, 7) is 4.05. The van der Waals surface area contributed by atoms with E-state index < -0.39 is 0 Å². The highest BCUT2D eigenvalue weighted by atomic mass is 19.1. The fourth-order valence-corrected chi connectivity index (χ4v) is 4.35. The Morgan fingerprint density at radius 3 is 2.21 bits per heavy atom. The number of carbonyl (C=O) groups excluding carboxylic acids is 3. The Labute approximate surface area is 168 Å². The highest BCUT2D eigenvalue weighted by Gasteiger charge is 2.47. The zero-order valence-electron chi connectivity index (χ0n) is 16.5. The second kappa shape index (κ2) is 7.43. The Kier molecular flexibility index (Phi) is 4.94. The van der Waals surface area contributed by atoms with E-state index in [4.69, 9.17) is 0 Å². The number of amides is 2. The molecular weight excluding hydrogens is 371 g/mol. The van der Waals surface area contributed by atoms with Gasteiger partial charge in [0.25, 0.3) is 0 Å². The molecule has 2 aliphatic rings. The third-order valence-corrected chi connectivity index (χ3v) is 6.03. The summed E-state index contributed by atoms with van der Waals surface area (Å²) >= 11 is 0. The van der Waals surface area contributed by atoms with Crippen LogP contribution in [0, 0.1) is 31.5 Å². The number of likely N-dealkylation sites (tertiary alicyclic amines) is 1. The molecule has 1 aliphatic carbocycles. The summed E-state index contributed by atoms with van der Waals surface area (Å²) in [5, 5.41) is 0. The number of halogens is 1. The third kappa shape index (κ3) is 3.43. The summed E-state index contributed by atoms with van der Waals surface area (Å²) in [6, 6.07) is 8.05. The van der Waals surface area contributed by atoms with Gasteiger partial charge >= 0.3 is 0 Å². The van der Waals surface area contributed by atoms with Crippen molar-refractivity contribution in [3.63, 3.8) is 0 Å². The van der Waals surface area contributed by atoms with Gasteiger partial charge in [0.1, 0.15) is 5.82 Å². The molecule has 1 aromatic carbocycles. The van der Waals surface area contributed by atoms with Crippen LogP contribution in [0.25, 0.3) is 0 Å². The third-order valence-electron chi connectivity index (χ3n) is 6.03. The molecule has 6 heteroatoms. The first kappa shape index (κ1) is 19.3. The van der Waals surface area contributed by atoms with E-state index in [-0.39, 0.29) is 41.8 Å². The van der Waals surface area contributed by atoms with Crippen LogP contribution in [0.15, 0.2) is 42.5 Å². The number of aromatic nitrogens is 1. The molecule has 1 aromatic heterocycles. The smallest absolute Gasteiger partial charge is 0.233 e. The van der Waals surface area contributed by atoms with Gasteiger partial charge in [0.2, 0.25) is 11.8 Å². The predicted octanol–water partition coefficient (Wildman–Crippen LogP) is 3.43. The summed E-state index contributed by atoms with van der Waals surface area (Å²) < 4.78 is 15.1. The van der Waals surface area contributed by atoms with Gasteiger partial charge in [-0.05, 0) is 50.5 Å². The molecule has 0 unspecified atom stereocenters. The molecular formula is C23H23FN2O3. The first-order valence-corrected chi connectivity index (χ1v) is 9.81. The van der Waals surface area contributed by atoms with Gasteiger partial charge < -0.3 is 4.57 Å². The summed E-state index contributed by atoms with van der Waals surface area (Å²) in [7, 11) is 0. The molecule has 0 spiro atoms. The fraction of sp³-hybridized carbons (Fsp3) is 0.348. The zero-order chi connectivity index (χ0) is 20.7. The molecule has 2 heterocycles. The summed E-state index contributed by atoms with van der Waals surface area (Å²) in [4.78, 5) is 39.3. The van der Waals surface area contributed by atoms with Gasteiger partial charge in [-0.3, -0.25) is 19.3 Å². The van der Waals surface area contributed by atoms with E-state index in [0.29, 0.717) is 24.9 Å². The van der Waals surface area contributed by atoms with E-state index in [1.807, 2.05) is 30.6 Å². The Balaban J connectivity index is 1.53. The Morgan fingerprint density at radius 1 is 1.03 bits per heavy atom. The zero-order valence-corrected chi connectivity index (χ0v) is 16.5. The van der Waals surface area contributed by atoms with Crippen LogP contribution in [-0.4, -0.2) is 33.6 Å². The number of imide groups is 1. The van der Waals surface area contributed by atoms with Crippen molar-refractivity contribution in [1.29, 1.82) is 0 Å². The van der Waals surface area contributed by atoms with Crippen LogP contribution in [0.5, 0.6) is 0 Å². The lowest BCUT2D eigenvalue weighted by Gasteiger charge is -2.14. The van der Waals surface area contributed by atoms with Gasteiger partial charge in [0.15, 0.2) is 5.78 Å².